The van der Waals surface area contributed by atoms with Crippen LogP contribution in [0.4, 0.5) is 5.69 Å². The van der Waals surface area contributed by atoms with Crippen molar-refractivity contribution in [1.29, 1.82) is 5.41 Å². The zero-order valence-corrected chi connectivity index (χ0v) is 10.7. The largest absolute Gasteiger partial charge is 0.370 e. The van der Waals surface area contributed by atoms with Crippen LogP contribution < -0.4 is 10.6 Å². The summed E-state index contributed by atoms with van der Waals surface area (Å²) >= 11 is 6.02. The quantitative estimate of drug-likeness (QED) is 0.591. The van der Waals surface area contributed by atoms with Gasteiger partial charge in [0.2, 0.25) is 0 Å². The Hall–Kier alpha value is -1.42. The molecule has 4 nitrogen and oxygen atoms in total. The molecular weight excluding hydrogens is 236 g/mol. The van der Waals surface area contributed by atoms with Gasteiger partial charge in [-0.2, -0.15) is 0 Å². The van der Waals surface area contributed by atoms with E-state index in [1.54, 1.807) is 0 Å². The van der Waals surface area contributed by atoms with Gasteiger partial charge in [0.15, 0.2) is 5.96 Å². The smallest absolute Gasteiger partial charge is 0.188 e. The maximum Gasteiger partial charge on any atom is 0.188 e. The molecule has 17 heavy (non-hydrogen) atoms. The topological polar surface area (TPSA) is 56.4 Å². The van der Waals surface area contributed by atoms with Crippen LogP contribution in [0.5, 0.6) is 0 Å². The molecule has 1 aliphatic heterocycles. The van der Waals surface area contributed by atoms with Crippen LogP contribution >= 0.6 is 11.6 Å². The number of guanidine groups is 1. The standard InChI is InChI=1S/C12H17ClN4/c1-9-2-3-10(13)8-11(9)16-4-6-17(7-5-16)12(14)15/h2-3,8H,4-7H2,1H3,(H3,14,15). The second kappa shape index (κ2) is 4.84. The van der Waals surface area contributed by atoms with Crippen LogP contribution in [0.25, 0.3) is 0 Å². The highest BCUT2D eigenvalue weighted by atomic mass is 35.5. The van der Waals surface area contributed by atoms with Gasteiger partial charge in [-0.25, -0.2) is 0 Å². The molecule has 1 aliphatic rings. The van der Waals surface area contributed by atoms with E-state index in [2.05, 4.69) is 11.8 Å². The molecule has 92 valence electrons. The normalized spacial score (nSPS) is 16.1. The van der Waals surface area contributed by atoms with E-state index in [1.165, 1.54) is 11.3 Å². The molecule has 0 unspecified atom stereocenters. The van der Waals surface area contributed by atoms with Crippen molar-refractivity contribution in [2.24, 2.45) is 5.73 Å². The summed E-state index contributed by atoms with van der Waals surface area (Å²) < 4.78 is 0. The first kappa shape index (κ1) is 12.0. The predicted molar refractivity (Wildman–Crippen MR) is 71.9 cm³/mol. The number of nitrogens with zero attached hydrogens (tertiary/aromatic N) is 2. The molecule has 5 heteroatoms. The third kappa shape index (κ3) is 2.64. The van der Waals surface area contributed by atoms with Crippen molar-refractivity contribution in [2.45, 2.75) is 6.92 Å². The van der Waals surface area contributed by atoms with Crippen LogP contribution in [-0.4, -0.2) is 37.0 Å². The van der Waals surface area contributed by atoms with Gasteiger partial charge in [-0.3, -0.25) is 5.41 Å². The van der Waals surface area contributed by atoms with Gasteiger partial charge in [0.05, 0.1) is 0 Å². The Bertz CT molecular complexity index is 425. The van der Waals surface area contributed by atoms with Crippen LogP contribution in [0.1, 0.15) is 5.56 Å². The summed E-state index contributed by atoms with van der Waals surface area (Å²) in [6, 6.07) is 5.95. The molecule has 3 N–H and O–H groups in total. The van der Waals surface area contributed by atoms with Crippen molar-refractivity contribution >= 4 is 23.2 Å². The van der Waals surface area contributed by atoms with E-state index in [4.69, 9.17) is 22.7 Å². The summed E-state index contributed by atoms with van der Waals surface area (Å²) in [7, 11) is 0. The van der Waals surface area contributed by atoms with Gasteiger partial charge in [0.1, 0.15) is 0 Å². The van der Waals surface area contributed by atoms with Crippen LogP contribution in [0.3, 0.4) is 0 Å². The molecule has 0 amide bonds. The Balaban J connectivity index is 2.10. The van der Waals surface area contributed by atoms with Crippen LogP contribution in [0.2, 0.25) is 5.02 Å². The van der Waals surface area contributed by atoms with Gasteiger partial charge in [-0.05, 0) is 24.6 Å². The number of nitrogens with two attached hydrogens (primary N) is 1. The van der Waals surface area contributed by atoms with E-state index < -0.39 is 0 Å². The predicted octanol–water partition coefficient (Wildman–Crippen LogP) is 1.66. The van der Waals surface area contributed by atoms with Gasteiger partial charge < -0.3 is 15.5 Å². The minimum absolute atomic E-state index is 0.160. The lowest BCUT2D eigenvalue weighted by Crippen LogP contribution is -2.51. The van der Waals surface area contributed by atoms with Gasteiger partial charge in [0.25, 0.3) is 0 Å². The highest BCUT2D eigenvalue weighted by molar-refractivity contribution is 6.30. The minimum Gasteiger partial charge on any atom is -0.370 e. The molecular formula is C12H17ClN4. The van der Waals surface area contributed by atoms with Crippen LogP contribution in [-0.2, 0) is 0 Å². The summed E-state index contributed by atoms with van der Waals surface area (Å²) in [5.74, 6) is 0.160. The Labute approximate surface area is 106 Å². The third-order valence-corrected chi connectivity index (χ3v) is 3.37. The van der Waals surface area contributed by atoms with E-state index in [0.29, 0.717) is 0 Å². The second-order valence-corrected chi connectivity index (χ2v) is 4.73. The molecule has 0 aromatic heterocycles. The van der Waals surface area contributed by atoms with Crippen molar-refractivity contribution in [3.63, 3.8) is 0 Å². The first-order valence-corrected chi connectivity index (χ1v) is 6.06. The fraction of sp³-hybridized carbons (Fsp3) is 0.417. The molecule has 1 saturated heterocycles. The van der Waals surface area contributed by atoms with Crippen molar-refractivity contribution in [3.8, 4) is 0 Å². The number of benzene rings is 1. The van der Waals surface area contributed by atoms with Crippen molar-refractivity contribution in [3.05, 3.63) is 28.8 Å². The van der Waals surface area contributed by atoms with E-state index >= 15 is 0 Å². The fourth-order valence-corrected chi connectivity index (χ4v) is 2.28. The van der Waals surface area contributed by atoms with E-state index in [1.807, 2.05) is 23.1 Å². The number of rotatable bonds is 1. The molecule has 0 aliphatic carbocycles. The zero-order valence-electron chi connectivity index (χ0n) is 9.91. The monoisotopic (exact) mass is 252 g/mol. The number of anilines is 1. The average Bonchev–Trinajstić information content (AvgIpc) is 2.32. The number of piperazine rings is 1. The van der Waals surface area contributed by atoms with Gasteiger partial charge in [-0.1, -0.05) is 17.7 Å². The molecule has 1 heterocycles. The lowest BCUT2D eigenvalue weighted by molar-refractivity contribution is 0.380. The molecule has 1 aromatic rings. The molecule has 1 aromatic carbocycles. The summed E-state index contributed by atoms with van der Waals surface area (Å²) in [6.45, 7) is 5.42. The lowest BCUT2D eigenvalue weighted by Gasteiger charge is -2.37. The van der Waals surface area contributed by atoms with Crippen molar-refractivity contribution < 1.29 is 0 Å². The van der Waals surface area contributed by atoms with Gasteiger partial charge in [-0.15, -0.1) is 0 Å². The summed E-state index contributed by atoms with van der Waals surface area (Å²) in [6.07, 6.45) is 0. The zero-order chi connectivity index (χ0) is 12.4. The van der Waals surface area contributed by atoms with E-state index in [-0.39, 0.29) is 5.96 Å². The number of halogens is 1. The van der Waals surface area contributed by atoms with Crippen molar-refractivity contribution in [1.82, 2.24) is 4.90 Å². The second-order valence-electron chi connectivity index (χ2n) is 4.29. The van der Waals surface area contributed by atoms with E-state index in [0.717, 1.165) is 31.2 Å². The molecule has 0 saturated carbocycles. The van der Waals surface area contributed by atoms with Gasteiger partial charge >= 0.3 is 0 Å². The summed E-state index contributed by atoms with van der Waals surface area (Å²) in [4.78, 5) is 4.18. The molecule has 1 fully saturated rings. The number of hydrogen-bond acceptors (Lipinski definition) is 2. The van der Waals surface area contributed by atoms with Crippen LogP contribution in [0.15, 0.2) is 18.2 Å². The van der Waals surface area contributed by atoms with Crippen molar-refractivity contribution in [2.75, 3.05) is 31.1 Å². The maximum absolute atomic E-state index is 7.40. The highest BCUT2D eigenvalue weighted by Crippen LogP contribution is 2.25. The molecule has 2 rings (SSSR count). The Morgan fingerprint density at radius 2 is 1.94 bits per heavy atom. The molecule has 0 radical (unpaired) electrons. The van der Waals surface area contributed by atoms with Gasteiger partial charge in [0, 0.05) is 36.9 Å². The highest BCUT2D eigenvalue weighted by Gasteiger charge is 2.18. The summed E-state index contributed by atoms with van der Waals surface area (Å²) in [5.41, 5.74) is 7.88. The molecule has 0 bridgehead atoms. The summed E-state index contributed by atoms with van der Waals surface area (Å²) in [5, 5.41) is 8.16. The third-order valence-electron chi connectivity index (χ3n) is 3.13. The lowest BCUT2D eigenvalue weighted by atomic mass is 10.1. The number of nitrogens with one attached hydrogen (secondary N) is 1. The SMILES string of the molecule is Cc1ccc(Cl)cc1N1CCN(C(=N)N)CC1. The first-order chi connectivity index (χ1) is 8.08. The van der Waals surface area contributed by atoms with E-state index in [9.17, 15) is 0 Å². The Kier molecular flexibility index (Phi) is 3.43. The number of hydrogen-bond donors (Lipinski definition) is 2. The number of aryl methyl sites for hydroxylation is 1. The molecule has 0 atom stereocenters. The fourth-order valence-electron chi connectivity index (χ4n) is 2.11. The Morgan fingerprint density at radius 3 is 2.53 bits per heavy atom. The Morgan fingerprint density at radius 1 is 1.29 bits per heavy atom. The van der Waals surface area contributed by atoms with Crippen LogP contribution in [0, 0.1) is 12.3 Å². The molecule has 0 spiro atoms. The first-order valence-electron chi connectivity index (χ1n) is 5.68. The minimum atomic E-state index is 0.160. The average molecular weight is 253 g/mol. The maximum atomic E-state index is 7.40.